The van der Waals surface area contributed by atoms with Gasteiger partial charge in [0.25, 0.3) is 5.91 Å². The van der Waals surface area contributed by atoms with Gasteiger partial charge in [-0.15, -0.1) is 0 Å². The third kappa shape index (κ3) is 3.55. The summed E-state index contributed by atoms with van der Waals surface area (Å²) in [5, 5.41) is 6.21. The highest BCUT2D eigenvalue weighted by atomic mass is 19.1. The average Bonchev–Trinajstić information content (AvgIpc) is 2.47. The number of hydrazone groups is 1. The smallest absolute Gasteiger partial charge is 0.292 e. The molecule has 6 heteroatoms. The van der Waals surface area contributed by atoms with Crippen molar-refractivity contribution >= 4 is 23.1 Å². The van der Waals surface area contributed by atoms with Crippen LogP contribution in [0.5, 0.6) is 0 Å². The lowest BCUT2D eigenvalue weighted by atomic mass is 10.3. The molecule has 1 amide bonds. The van der Waals surface area contributed by atoms with E-state index in [1.165, 1.54) is 12.1 Å². The van der Waals surface area contributed by atoms with Gasteiger partial charge in [-0.05, 0) is 24.3 Å². The maximum atomic E-state index is 13.3. The highest BCUT2D eigenvalue weighted by molar-refractivity contribution is 6.41. The summed E-state index contributed by atoms with van der Waals surface area (Å²) in [5.74, 6) is -1.34. The fraction of sp³-hybridized carbons (Fsp3) is 0. The van der Waals surface area contributed by atoms with Crippen molar-refractivity contribution in [3.05, 3.63) is 60.4 Å². The fourth-order valence-corrected chi connectivity index (χ4v) is 1.44. The number of hydrogen-bond donors (Lipinski definition) is 3. The Morgan fingerprint density at radius 1 is 1.05 bits per heavy atom. The number of anilines is 2. The number of rotatable bonds is 3. The molecule has 0 aliphatic heterocycles. The minimum atomic E-state index is -0.569. The van der Waals surface area contributed by atoms with Crippen LogP contribution in [0.25, 0.3) is 0 Å². The molecule has 0 radical (unpaired) electrons. The summed E-state index contributed by atoms with van der Waals surface area (Å²) < 4.78 is 13.3. The Balaban J connectivity index is 2.00. The van der Waals surface area contributed by atoms with Crippen LogP contribution in [0.4, 0.5) is 15.8 Å². The molecular weight excluding hydrogens is 259 g/mol. The molecule has 0 saturated heterocycles. The van der Waals surface area contributed by atoms with Crippen molar-refractivity contribution in [1.82, 2.24) is 0 Å². The zero-order chi connectivity index (χ0) is 14.4. The first-order valence-electron chi connectivity index (χ1n) is 5.87. The zero-order valence-corrected chi connectivity index (χ0v) is 10.5. The summed E-state index contributed by atoms with van der Waals surface area (Å²) in [6, 6.07) is 14.8. The molecular formula is C14H13FN4O. The highest BCUT2D eigenvalue weighted by Gasteiger charge is 2.07. The molecule has 4 N–H and O–H groups in total. The minimum Gasteiger partial charge on any atom is -0.378 e. The van der Waals surface area contributed by atoms with Gasteiger partial charge in [-0.3, -0.25) is 10.2 Å². The van der Waals surface area contributed by atoms with Gasteiger partial charge in [-0.1, -0.05) is 30.3 Å². The van der Waals surface area contributed by atoms with Crippen molar-refractivity contribution in [2.45, 2.75) is 0 Å². The van der Waals surface area contributed by atoms with Gasteiger partial charge in [0.2, 0.25) is 5.84 Å². The molecule has 0 aliphatic carbocycles. The van der Waals surface area contributed by atoms with Crippen LogP contribution in [-0.2, 0) is 4.79 Å². The van der Waals surface area contributed by atoms with Crippen LogP contribution in [0.15, 0.2) is 59.7 Å². The van der Waals surface area contributed by atoms with Crippen LogP contribution in [-0.4, -0.2) is 11.7 Å². The third-order valence-corrected chi connectivity index (χ3v) is 2.43. The lowest BCUT2D eigenvalue weighted by Gasteiger charge is -2.05. The highest BCUT2D eigenvalue weighted by Crippen LogP contribution is 2.12. The molecule has 2 aromatic rings. The number of nitrogens with one attached hydrogen (secondary N) is 2. The lowest BCUT2D eigenvalue weighted by Crippen LogP contribution is -2.31. The van der Waals surface area contributed by atoms with E-state index in [0.717, 1.165) is 0 Å². The lowest BCUT2D eigenvalue weighted by molar-refractivity contribution is -0.110. The number of amidine groups is 1. The van der Waals surface area contributed by atoms with Gasteiger partial charge in [0, 0.05) is 5.69 Å². The van der Waals surface area contributed by atoms with Crippen LogP contribution < -0.4 is 16.5 Å². The molecule has 0 heterocycles. The van der Waals surface area contributed by atoms with E-state index in [2.05, 4.69) is 15.8 Å². The number of nitrogens with zero attached hydrogens (tertiary/aromatic N) is 1. The van der Waals surface area contributed by atoms with Crippen molar-refractivity contribution in [2.24, 2.45) is 10.8 Å². The second kappa shape index (κ2) is 6.33. The van der Waals surface area contributed by atoms with Gasteiger partial charge in [-0.25, -0.2) is 4.39 Å². The minimum absolute atomic E-state index is 0.142. The van der Waals surface area contributed by atoms with Crippen LogP contribution in [0.3, 0.4) is 0 Å². The number of halogens is 1. The first kappa shape index (κ1) is 13.5. The fourth-order valence-electron chi connectivity index (χ4n) is 1.44. The first-order chi connectivity index (χ1) is 9.66. The average molecular weight is 272 g/mol. The summed E-state index contributed by atoms with van der Waals surface area (Å²) >= 11 is 0. The predicted molar refractivity (Wildman–Crippen MR) is 76.7 cm³/mol. The van der Waals surface area contributed by atoms with Gasteiger partial charge < -0.3 is 11.1 Å². The topological polar surface area (TPSA) is 79.5 Å². The summed E-state index contributed by atoms with van der Waals surface area (Å²) in [4.78, 5) is 11.7. The number of amides is 1. The Morgan fingerprint density at radius 2 is 1.70 bits per heavy atom. The summed E-state index contributed by atoms with van der Waals surface area (Å²) in [6.45, 7) is 0. The zero-order valence-electron chi connectivity index (χ0n) is 10.5. The van der Waals surface area contributed by atoms with E-state index in [1.807, 2.05) is 6.07 Å². The third-order valence-electron chi connectivity index (χ3n) is 2.43. The van der Waals surface area contributed by atoms with Crippen molar-refractivity contribution in [3.8, 4) is 0 Å². The quantitative estimate of drug-likeness (QED) is 0.455. The Kier molecular flexibility index (Phi) is 4.28. The van der Waals surface area contributed by atoms with Crippen molar-refractivity contribution in [1.29, 1.82) is 0 Å². The summed E-state index contributed by atoms with van der Waals surface area (Å²) in [7, 11) is 0. The van der Waals surface area contributed by atoms with E-state index >= 15 is 0 Å². The van der Waals surface area contributed by atoms with Crippen LogP contribution in [0.2, 0.25) is 0 Å². The summed E-state index contributed by atoms with van der Waals surface area (Å²) in [5.41, 5.74) is 8.66. The molecule has 0 atom stereocenters. The van der Waals surface area contributed by atoms with Gasteiger partial charge in [-0.2, -0.15) is 5.10 Å². The van der Waals surface area contributed by atoms with E-state index in [0.29, 0.717) is 5.69 Å². The van der Waals surface area contributed by atoms with Crippen LogP contribution in [0.1, 0.15) is 0 Å². The molecule has 0 aliphatic rings. The molecule has 0 aromatic heterocycles. The van der Waals surface area contributed by atoms with Crippen molar-refractivity contribution in [2.75, 3.05) is 10.7 Å². The monoisotopic (exact) mass is 272 g/mol. The van der Waals surface area contributed by atoms with E-state index in [1.54, 1.807) is 36.4 Å². The number of carbonyl (C=O) groups excluding carboxylic acids is 1. The number of hydrogen-bond acceptors (Lipinski definition) is 3. The molecule has 0 unspecified atom stereocenters. The molecule has 102 valence electrons. The largest absolute Gasteiger partial charge is 0.378 e. The second-order valence-corrected chi connectivity index (χ2v) is 3.91. The van der Waals surface area contributed by atoms with Crippen molar-refractivity contribution < 1.29 is 9.18 Å². The molecule has 5 nitrogen and oxygen atoms in total. The van der Waals surface area contributed by atoms with Gasteiger partial charge in [0.15, 0.2) is 0 Å². The SMILES string of the molecule is N/C(=N\Nc1ccccc1F)C(=O)Nc1ccccc1. The maximum Gasteiger partial charge on any atom is 0.292 e. The Bertz CT molecular complexity index is 628. The van der Waals surface area contributed by atoms with Gasteiger partial charge in [0.1, 0.15) is 5.82 Å². The normalized spacial score (nSPS) is 10.9. The van der Waals surface area contributed by atoms with E-state index < -0.39 is 11.7 Å². The maximum absolute atomic E-state index is 13.3. The molecule has 0 fully saturated rings. The Morgan fingerprint density at radius 3 is 2.40 bits per heavy atom. The molecule has 2 rings (SSSR count). The second-order valence-electron chi connectivity index (χ2n) is 3.91. The standard InChI is InChI=1S/C14H13FN4O/c15-11-8-4-5-9-12(11)18-19-13(16)14(20)17-10-6-2-1-3-7-10/h1-9,18H,(H2,16,19)(H,17,20). The molecule has 0 spiro atoms. The van der Waals surface area contributed by atoms with Crippen LogP contribution in [0, 0.1) is 5.82 Å². The first-order valence-corrected chi connectivity index (χ1v) is 5.87. The summed E-state index contributed by atoms with van der Waals surface area (Å²) in [6.07, 6.45) is 0. The van der Waals surface area contributed by atoms with Crippen LogP contribution >= 0.6 is 0 Å². The number of para-hydroxylation sites is 2. The predicted octanol–water partition coefficient (Wildman–Crippen LogP) is 2.15. The van der Waals surface area contributed by atoms with E-state index in [-0.39, 0.29) is 11.5 Å². The Hall–Kier alpha value is -2.89. The van der Waals surface area contributed by atoms with Gasteiger partial charge in [0.05, 0.1) is 5.69 Å². The molecule has 20 heavy (non-hydrogen) atoms. The molecule has 0 bridgehead atoms. The number of carbonyl (C=O) groups is 1. The van der Waals surface area contributed by atoms with Crippen molar-refractivity contribution in [3.63, 3.8) is 0 Å². The van der Waals surface area contributed by atoms with E-state index in [9.17, 15) is 9.18 Å². The number of benzene rings is 2. The number of nitrogens with two attached hydrogens (primary N) is 1. The molecule has 2 aromatic carbocycles. The van der Waals surface area contributed by atoms with Gasteiger partial charge >= 0.3 is 0 Å². The Labute approximate surface area is 115 Å². The van der Waals surface area contributed by atoms with E-state index in [4.69, 9.17) is 5.73 Å². The molecule has 0 saturated carbocycles.